The van der Waals surface area contributed by atoms with Crippen molar-refractivity contribution >= 4 is 21.6 Å². The smallest absolute Gasteiger partial charge is 0.0351 e. The molecule has 16 heavy (non-hydrogen) atoms. The minimum Gasteiger partial charge on any atom is -0.384 e. The first-order valence-electron chi connectivity index (χ1n) is 5.80. The zero-order valence-corrected chi connectivity index (χ0v) is 11.5. The molecule has 0 amide bonds. The highest BCUT2D eigenvalue weighted by Crippen LogP contribution is 2.44. The normalized spacial score (nSPS) is 17.2. The van der Waals surface area contributed by atoms with Crippen molar-refractivity contribution in [3.05, 3.63) is 28.2 Å². The van der Waals surface area contributed by atoms with Crippen LogP contribution in [0.3, 0.4) is 0 Å². The number of nitrogens with one attached hydrogen (secondary N) is 2. The lowest BCUT2D eigenvalue weighted by Crippen LogP contribution is -2.26. The number of aryl methyl sites for hydroxylation is 1. The van der Waals surface area contributed by atoms with Crippen LogP contribution in [-0.2, 0) is 0 Å². The van der Waals surface area contributed by atoms with Crippen LogP contribution < -0.4 is 10.6 Å². The number of anilines is 1. The van der Waals surface area contributed by atoms with Crippen LogP contribution >= 0.6 is 15.9 Å². The lowest BCUT2D eigenvalue weighted by atomic mass is 10.1. The van der Waals surface area contributed by atoms with Crippen molar-refractivity contribution in [3.8, 4) is 0 Å². The van der Waals surface area contributed by atoms with Gasteiger partial charge in [-0.2, -0.15) is 0 Å². The van der Waals surface area contributed by atoms with E-state index in [-0.39, 0.29) is 0 Å². The lowest BCUT2D eigenvalue weighted by Gasteiger charge is -2.16. The summed E-state index contributed by atoms with van der Waals surface area (Å²) >= 11 is 3.56. The highest BCUT2D eigenvalue weighted by Gasteiger charge is 2.41. The van der Waals surface area contributed by atoms with Gasteiger partial charge in [-0.3, -0.25) is 0 Å². The summed E-state index contributed by atoms with van der Waals surface area (Å²) in [5, 5.41) is 6.81. The molecule has 0 bridgehead atoms. The molecule has 0 aliphatic heterocycles. The molecule has 0 heterocycles. The highest BCUT2D eigenvalue weighted by molar-refractivity contribution is 9.10. The zero-order valence-electron chi connectivity index (χ0n) is 9.94. The number of hydrogen-bond donors (Lipinski definition) is 2. The fraction of sp³-hybridized carbons (Fsp3) is 0.538. The second-order valence-corrected chi connectivity index (χ2v) is 5.70. The van der Waals surface area contributed by atoms with Gasteiger partial charge in [0.25, 0.3) is 0 Å². The van der Waals surface area contributed by atoms with Gasteiger partial charge in [0.05, 0.1) is 0 Å². The first kappa shape index (κ1) is 11.9. The molecule has 1 aromatic rings. The van der Waals surface area contributed by atoms with Crippen molar-refractivity contribution in [3.63, 3.8) is 0 Å². The molecular weight excluding hydrogens is 264 g/mol. The van der Waals surface area contributed by atoms with Gasteiger partial charge in [0.2, 0.25) is 0 Å². The van der Waals surface area contributed by atoms with Crippen LogP contribution in [0.15, 0.2) is 22.7 Å². The first-order valence-corrected chi connectivity index (χ1v) is 6.59. The number of hydrogen-bond acceptors (Lipinski definition) is 2. The van der Waals surface area contributed by atoms with E-state index in [1.807, 2.05) is 7.05 Å². The van der Waals surface area contributed by atoms with Crippen molar-refractivity contribution in [1.29, 1.82) is 0 Å². The second kappa shape index (κ2) is 4.76. The Hall–Kier alpha value is -0.540. The molecule has 2 N–H and O–H groups in total. The highest BCUT2D eigenvalue weighted by atomic mass is 79.9. The van der Waals surface area contributed by atoms with E-state index in [4.69, 9.17) is 0 Å². The Morgan fingerprint density at radius 3 is 2.62 bits per heavy atom. The molecule has 1 fully saturated rings. The molecule has 1 aliphatic rings. The van der Waals surface area contributed by atoms with Crippen LogP contribution in [0.4, 0.5) is 5.69 Å². The monoisotopic (exact) mass is 282 g/mol. The van der Waals surface area contributed by atoms with E-state index in [9.17, 15) is 0 Å². The summed E-state index contributed by atoms with van der Waals surface area (Å²) < 4.78 is 1.18. The van der Waals surface area contributed by atoms with Gasteiger partial charge >= 0.3 is 0 Å². The zero-order chi connectivity index (χ0) is 11.6. The van der Waals surface area contributed by atoms with Gasteiger partial charge in [0, 0.05) is 28.7 Å². The average Bonchev–Trinajstić information content (AvgIpc) is 3.01. The molecule has 1 aromatic carbocycles. The maximum Gasteiger partial charge on any atom is 0.0351 e. The van der Waals surface area contributed by atoms with Crippen LogP contribution in [0.2, 0.25) is 0 Å². The Balaban J connectivity index is 1.92. The van der Waals surface area contributed by atoms with E-state index in [2.05, 4.69) is 51.7 Å². The van der Waals surface area contributed by atoms with E-state index >= 15 is 0 Å². The summed E-state index contributed by atoms with van der Waals surface area (Å²) in [5.74, 6) is 0. The van der Waals surface area contributed by atoms with Crippen LogP contribution in [0.25, 0.3) is 0 Å². The van der Waals surface area contributed by atoms with E-state index in [0.29, 0.717) is 5.41 Å². The van der Waals surface area contributed by atoms with Gasteiger partial charge in [-0.05, 0) is 44.5 Å². The third kappa shape index (κ3) is 2.77. The fourth-order valence-corrected chi connectivity index (χ4v) is 2.34. The minimum atomic E-state index is 0.506. The molecule has 0 radical (unpaired) electrons. The quantitative estimate of drug-likeness (QED) is 0.867. The Kier molecular flexibility index (Phi) is 3.55. The maximum atomic E-state index is 3.56. The summed E-state index contributed by atoms with van der Waals surface area (Å²) in [7, 11) is 2.03. The Labute approximate surface area is 106 Å². The Morgan fingerprint density at radius 2 is 2.06 bits per heavy atom. The molecule has 0 atom stereocenters. The van der Waals surface area contributed by atoms with Gasteiger partial charge in [0.15, 0.2) is 0 Å². The molecular formula is C13H19BrN2. The third-order valence-corrected chi connectivity index (χ3v) is 4.20. The van der Waals surface area contributed by atoms with Gasteiger partial charge in [-0.15, -0.1) is 0 Å². The summed E-state index contributed by atoms with van der Waals surface area (Å²) in [6, 6.07) is 6.45. The Bertz CT molecular complexity index is 372. The van der Waals surface area contributed by atoms with E-state index < -0.39 is 0 Å². The van der Waals surface area contributed by atoms with Crippen LogP contribution in [0.1, 0.15) is 18.4 Å². The third-order valence-electron chi connectivity index (χ3n) is 3.35. The molecule has 0 spiro atoms. The predicted octanol–water partition coefficient (Wildman–Crippen LogP) is 3.17. The number of rotatable bonds is 5. The van der Waals surface area contributed by atoms with E-state index in [1.54, 1.807) is 0 Å². The lowest BCUT2D eigenvalue weighted by molar-refractivity contribution is 0.507. The summed E-state index contributed by atoms with van der Waals surface area (Å²) in [5.41, 5.74) is 2.99. The first-order chi connectivity index (χ1) is 7.65. The topological polar surface area (TPSA) is 24.1 Å². The van der Waals surface area contributed by atoms with Gasteiger partial charge in [-0.1, -0.05) is 22.0 Å². The van der Waals surface area contributed by atoms with Crippen LogP contribution in [-0.4, -0.2) is 20.1 Å². The standard InChI is InChI=1S/C13H19BrN2/c1-10-3-4-11(7-12(10)14)16-9-13(5-6-13)8-15-2/h3-4,7,15-16H,5-6,8-9H2,1-2H3. The van der Waals surface area contributed by atoms with Crippen molar-refractivity contribution < 1.29 is 0 Å². The van der Waals surface area contributed by atoms with Crippen molar-refractivity contribution in [2.75, 3.05) is 25.5 Å². The summed E-state index contributed by atoms with van der Waals surface area (Å²) in [6.07, 6.45) is 2.68. The molecule has 0 aromatic heterocycles. The van der Waals surface area contributed by atoms with E-state index in [0.717, 1.165) is 13.1 Å². The molecule has 88 valence electrons. The van der Waals surface area contributed by atoms with Crippen molar-refractivity contribution in [2.24, 2.45) is 5.41 Å². The van der Waals surface area contributed by atoms with Crippen LogP contribution in [0, 0.1) is 12.3 Å². The second-order valence-electron chi connectivity index (χ2n) is 4.85. The summed E-state index contributed by atoms with van der Waals surface area (Å²) in [4.78, 5) is 0. The minimum absolute atomic E-state index is 0.506. The molecule has 3 heteroatoms. The molecule has 1 saturated carbocycles. The van der Waals surface area contributed by atoms with Gasteiger partial charge < -0.3 is 10.6 Å². The SMILES string of the molecule is CNCC1(CNc2ccc(C)c(Br)c2)CC1. The largest absolute Gasteiger partial charge is 0.384 e. The number of halogens is 1. The molecule has 2 rings (SSSR count). The Morgan fingerprint density at radius 1 is 1.31 bits per heavy atom. The van der Waals surface area contributed by atoms with Crippen LogP contribution in [0.5, 0.6) is 0 Å². The molecule has 0 unspecified atom stereocenters. The molecule has 1 aliphatic carbocycles. The number of benzene rings is 1. The molecule has 2 nitrogen and oxygen atoms in total. The summed E-state index contributed by atoms with van der Waals surface area (Å²) in [6.45, 7) is 4.30. The fourth-order valence-electron chi connectivity index (χ4n) is 1.96. The van der Waals surface area contributed by atoms with Gasteiger partial charge in [-0.25, -0.2) is 0 Å². The molecule has 0 saturated heterocycles. The van der Waals surface area contributed by atoms with Gasteiger partial charge in [0.1, 0.15) is 0 Å². The average molecular weight is 283 g/mol. The predicted molar refractivity (Wildman–Crippen MR) is 73.0 cm³/mol. The van der Waals surface area contributed by atoms with Crippen molar-refractivity contribution in [1.82, 2.24) is 5.32 Å². The van der Waals surface area contributed by atoms with Crippen molar-refractivity contribution in [2.45, 2.75) is 19.8 Å². The maximum absolute atomic E-state index is 3.56. The van der Waals surface area contributed by atoms with E-state index in [1.165, 1.54) is 28.6 Å².